The molecule has 7 aromatic rings. The van der Waals surface area contributed by atoms with Crippen molar-refractivity contribution in [1.29, 1.82) is 0 Å². The molecule has 65 heavy (non-hydrogen) atoms. The second-order valence-corrected chi connectivity index (χ2v) is 17.6. The van der Waals surface area contributed by atoms with Crippen molar-refractivity contribution in [3.8, 4) is 0 Å². The highest BCUT2D eigenvalue weighted by atomic mass is 32.2. The minimum Gasteiger partial charge on any atom is -0.463 e. The van der Waals surface area contributed by atoms with Crippen LogP contribution < -0.4 is 9.80 Å². The van der Waals surface area contributed by atoms with Crippen molar-refractivity contribution in [1.82, 2.24) is 0 Å². The van der Waals surface area contributed by atoms with E-state index >= 15 is 0 Å². The average Bonchev–Trinajstić information content (AvgIpc) is 3.35. The largest absolute Gasteiger partial charge is 0.463 e. The van der Waals surface area contributed by atoms with Gasteiger partial charge in [0, 0.05) is 58.3 Å². The van der Waals surface area contributed by atoms with Gasteiger partial charge in [0.1, 0.15) is 0 Å². The summed E-state index contributed by atoms with van der Waals surface area (Å²) in [5.41, 5.74) is 8.57. The molecule has 0 bridgehead atoms. The van der Waals surface area contributed by atoms with Crippen LogP contribution in [0.1, 0.15) is 68.1 Å². The number of carbonyl (C=O) groups is 2. The maximum Gasteiger partial charge on any atom is 0.330 e. The minimum absolute atomic E-state index is 0.347. The number of nitrogens with zero attached hydrogens (tertiary/aromatic N) is 2. The first-order valence-electron chi connectivity index (χ1n) is 22.9. The predicted molar refractivity (Wildman–Crippen MR) is 272 cm³/mol. The van der Waals surface area contributed by atoms with Crippen molar-refractivity contribution >= 4 is 68.0 Å². The predicted octanol–water partition coefficient (Wildman–Crippen LogP) is 14.9. The van der Waals surface area contributed by atoms with E-state index in [1.165, 1.54) is 60.2 Å². The normalized spacial score (nSPS) is 11.0. The van der Waals surface area contributed by atoms with Crippen LogP contribution in [0.4, 0.5) is 22.7 Å². The summed E-state index contributed by atoms with van der Waals surface area (Å²) < 4.78 is 10.2. The summed E-state index contributed by atoms with van der Waals surface area (Å²) in [5, 5.41) is 5.05. The topological polar surface area (TPSA) is 59.1 Å². The van der Waals surface area contributed by atoms with Gasteiger partial charge in [-0.05, 0) is 156 Å². The third kappa shape index (κ3) is 13.2. The first-order chi connectivity index (χ1) is 31.9. The van der Waals surface area contributed by atoms with E-state index < -0.39 is 0 Å². The highest BCUT2D eigenvalue weighted by Crippen LogP contribution is 2.37. The number of ether oxygens (including phenoxy) is 2. The van der Waals surface area contributed by atoms with Gasteiger partial charge in [0.15, 0.2) is 0 Å². The third-order valence-corrected chi connectivity index (χ3v) is 12.9. The van der Waals surface area contributed by atoms with Crippen molar-refractivity contribution in [3.63, 3.8) is 0 Å². The Morgan fingerprint density at radius 2 is 0.908 bits per heavy atom. The number of fused-ring (bicyclic) bond motifs is 2. The van der Waals surface area contributed by atoms with Crippen molar-refractivity contribution < 1.29 is 19.1 Å². The third-order valence-electron chi connectivity index (χ3n) is 11.9. The standard InChI is InChI=1S/C58H60N2O4S/c1-4-57(61)63-40-16-8-6-10-18-44-24-28-48(29-25-44)59(3)49-32-36-52(37-33-49)65-53-38-34-51(35-39-53)60(43-56-54-22-14-12-20-46(54)42-47-21-13-15-23-55(47)56)50-30-26-45(27-31-50)19-11-7-9-17-41-64-58(62)5-2/h4-5,12-15,20-39,42H,1-2,6-11,16-19,40-41,43H2,3H3. The molecule has 7 aromatic carbocycles. The van der Waals surface area contributed by atoms with Gasteiger partial charge in [-0.3, -0.25) is 0 Å². The van der Waals surface area contributed by atoms with Crippen molar-refractivity contribution in [2.75, 3.05) is 30.1 Å². The molecule has 0 amide bonds. The average molecular weight is 881 g/mol. The summed E-state index contributed by atoms with van der Waals surface area (Å²) in [5.74, 6) is -0.699. The molecule has 0 saturated carbocycles. The molecule has 0 saturated heterocycles. The molecule has 0 aliphatic carbocycles. The lowest BCUT2D eigenvalue weighted by molar-refractivity contribution is -0.138. The van der Waals surface area contributed by atoms with Gasteiger partial charge in [-0.2, -0.15) is 0 Å². The SMILES string of the molecule is C=CC(=O)OCCCCCCc1ccc(N(C)c2ccc(Sc3ccc(N(Cc4c5ccccc5cc5ccccc45)c4ccc(CCCCCCOC(=O)C=C)cc4)cc3)cc2)cc1. The maximum atomic E-state index is 11.3. The number of aryl methyl sites for hydroxylation is 2. The van der Waals surface area contributed by atoms with Crippen LogP contribution in [0.2, 0.25) is 0 Å². The fourth-order valence-corrected chi connectivity index (χ4v) is 9.06. The summed E-state index contributed by atoms with van der Waals surface area (Å²) in [6.07, 6.45) is 12.7. The molecule has 7 rings (SSSR count). The molecule has 6 nitrogen and oxygen atoms in total. The van der Waals surface area contributed by atoms with Gasteiger partial charge in [-0.1, -0.05) is 123 Å². The lowest BCUT2D eigenvalue weighted by Crippen LogP contribution is -2.17. The second-order valence-electron chi connectivity index (χ2n) is 16.4. The number of unbranched alkanes of at least 4 members (excludes halogenated alkanes) is 6. The molecular formula is C58H60N2O4S. The smallest absolute Gasteiger partial charge is 0.330 e. The Bertz CT molecular complexity index is 2590. The lowest BCUT2D eigenvalue weighted by Gasteiger charge is -2.27. The molecule has 0 N–H and O–H groups in total. The van der Waals surface area contributed by atoms with E-state index in [1.807, 2.05) is 0 Å². The van der Waals surface area contributed by atoms with Gasteiger partial charge in [0.25, 0.3) is 0 Å². The number of esters is 2. The monoisotopic (exact) mass is 880 g/mol. The summed E-state index contributed by atoms with van der Waals surface area (Å²) >= 11 is 1.77. The van der Waals surface area contributed by atoms with Crippen molar-refractivity contribution in [2.24, 2.45) is 0 Å². The molecule has 0 unspecified atom stereocenters. The van der Waals surface area contributed by atoms with E-state index in [0.717, 1.165) is 93.5 Å². The highest BCUT2D eigenvalue weighted by Gasteiger charge is 2.16. The van der Waals surface area contributed by atoms with Crippen LogP contribution in [-0.2, 0) is 38.4 Å². The Kier molecular flexibility index (Phi) is 17.1. The molecule has 0 aliphatic rings. The summed E-state index contributed by atoms with van der Waals surface area (Å²) in [4.78, 5) is 29.6. The Labute approximate surface area is 389 Å². The molecule has 0 radical (unpaired) electrons. The summed E-state index contributed by atoms with van der Waals surface area (Å²) in [6, 6.07) is 55.5. The maximum absolute atomic E-state index is 11.3. The Balaban J connectivity index is 0.998. The zero-order valence-electron chi connectivity index (χ0n) is 37.6. The Morgan fingerprint density at radius 1 is 0.508 bits per heavy atom. The van der Waals surface area contributed by atoms with Crippen molar-refractivity contribution in [2.45, 2.75) is 80.5 Å². The molecular weight excluding hydrogens is 821 g/mol. The van der Waals surface area contributed by atoms with Gasteiger partial charge < -0.3 is 19.3 Å². The van der Waals surface area contributed by atoms with Gasteiger partial charge in [-0.25, -0.2) is 9.59 Å². The number of carbonyl (C=O) groups excluding carboxylic acids is 2. The first kappa shape index (κ1) is 46.4. The van der Waals surface area contributed by atoms with E-state index in [-0.39, 0.29) is 11.9 Å². The fraction of sp³-hybridized carbons (Fsp3) is 0.241. The van der Waals surface area contributed by atoms with Crippen LogP contribution in [0.5, 0.6) is 0 Å². The molecule has 332 valence electrons. The minimum atomic E-state index is -0.351. The number of rotatable bonds is 24. The summed E-state index contributed by atoms with van der Waals surface area (Å²) in [7, 11) is 2.12. The van der Waals surface area contributed by atoms with E-state index in [0.29, 0.717) is 13.2 Å². The quantitative estimate of drug-likeness (QED) is 0.0259. The zero-order valence-corrected chi connectivity index (χ0v) is 38.4. The molecule has 0 aliphatic heterocycles. The zero-order chi connectivity index (χ0) is 45.2. The molecule has 0 heterocycles. The van der Waals surface area contributed by atoms with E-state index in [2.05, 4.69) is 182 Å². The van der Waals surface area contributed by atoms with Crippen molar-refractivity contribution in [3.05, 3.63) is 194 Å². The Hall–Kier alpha value is -6.57. The molecule has 0 fully saturated rings. The van der Waals surface area contributed by atoms with Gasteiger partial charge in [0.2, 0.25) is 0 Å². The molecule has 7 heteroatoms. The van der Waals surface area contributed by atoms with E-state index in [4.69, 9.17) is 9.47 Å². The van der Waals surface area contributed by atoms with E-state index in [9.17, 15) is 9.59 Å². The Morgan fingerprint density at radius 3 is 1.37 bits per heavy atom. The van der Waals surface area contributed by atoms with Crippen LogP contribution in [0.15, 0.2) is 187 Å². The molecule has 0 aromatic heterocycles. The van der Waals surface area contributed by atoms with Crippen LogP contribution in [-0.4, -0.2) is 32.2 Å². The highest BCUT2D eigenvalue weighted by molar-refractivity contribution is 7.99. The number of hydrogen-bond donors (Lipinski definition) is 0. The van der Waals surface area contributed by atoms with Crippen LogP contribution in [0.25, 0.3) is 21.5 Å². The van der Waals surface area contributed by atoms with Gasteiger partial charge in [-0.15, -0.1) is 0 Å². The number of hydrogen-bond acceptors (Lipinski definition) is 7. The second kappa shape index (κ2) is 23.9. The molecule has 0 atom stereocenters. The van der Waals surface area contributed by atoms with Gasteiger partial charge in [0.05, 0.1) is 13.2 Å². The lowest BCUT2D eigenvalue weighted by atomic mass is 9.96. The first-order valence-corrected chi connectivity index (χ1v) is 23.7. The number of benzene rings is 7. The van der Waals surface area contributed by atoms with Crippen LogP contribution >= 0.6 is 11.8 Å². The van der Waals surface area contributed by atoms with Crippen LogP contribution in [0, 0.1) is 0 Å². The summed E-state index contributed by atoms with van der Waals surface area (Å²) in [6.45, 7) is 8.53. The van der Waals surface area contributed by atoms with E-state index in [1.54, 1.807) is 11.8 Å². The van der Waals surface area contributed by atoms with Gasteiger partial charge >= 0.3 is 11.9 Å². The number of anilines is 4. The molecule has 0 spiro atoms. The van der Waals surface area contributed by atoms with Crippen LogP contribution in [0.3, 0.4) is 0 Å². The fourth-order valence-electron chi connectivity index (χ4n) is 8.25.